The number of benzene rings is 2. The number of hydrogen-bond donors (Lipinski definition) is 0. The number of rotatable bonds is 2. The Balaban J connectivity index is 1.99. The zero-order valence-electron chi connectivity index (χ0n) is 11.3. The molecule has 0 aliphatic carbocycles. The molecule has 0 unspecified atom stereocenters. The van der Waals surface area contributed by atoms with Gasteiger partial charge in [-0.25, -0.2) is 0 Å². The van der Waals surface area contributed by atoms with E-state index in [0.29, 0.717) is 0 Å². The first-order valence-corrected chi connectivity index (χ1v) is 7.57. The Kier molecular flexibility index (Phi) is 3.22. The third-order valence-corrected chi connectivity index (χ3v) is 5.51. The minimum absolute atomic E-state index is 0.766. The van der Waals surface area contributed by atoms with Gasteiger partial charge in [-0.15, -0.1) is 0 Å². The summed E-state index contributed by atoms with van der Waals surface area (Å²) >= 11 is 0. The van der Waals surface area contributed by atoms with Crippen molar-refractivity contribution in [1.82, 2.24) is 0 Å². The summed E-state index contributed by atoms with van der Waals surface area (Å²) in [7, 11) is 0.766. The standard InChI is InChI=1S/C18H16Si/c1-13-14(2)18(16-11-7-4-8-12-16)19-17(13)15-9-5-3-6-10-15/h3-12H,1-2H3. The van der Waals surface area contributed by atoms with Crippen LogP contribution in [-0.4, -0.2) is 9.52 Å². The van der Waals surface area contributed by atoms with E-state index in [1.54, 1.807) is 0 Å². The molecule has 0 bridgehead atoms. The van der Waals surface area contributed by atoms with E-state index in [-0.39, 0.29) is 0 Å². The van der Waals surface area contributed by atoms with Crippen molar-refractivity contribution in [2.45, 2.75) is 13.8 Å². The molecule has 3 rings (SSSR count). The Hall–Kier alpha value is -1.86. The first kappa shape index (κ1) is 12.2. The highest BCUT2D eigenvalue weighted by Crippen LogP contribution is 2.36. The van der Waals surface area contributed by atoms with Gasteiger partial charge in [0.2, 0.25) is 0 Å². The van der Waals surface area contributed by atoms with Gasteiger partial charge in [-0.05, 0) is 46.5 Å². The minimum atomic E-state index is 0.766. The maximum atomic E-state index is 2.25. The maximum Gasteiger partial charge on any atom is 0.123 e. The molecule has 92 valence electrons. The van der Waals surface area contributed by atoms with Gasteiger partial charge in [0.25, 0.3) is 0 Å². The van der Waals surface area contributed by atoms with Crippen LogP contribution in [0.4, 0.5) is 0 Å². The summed E-state index contributed by atoms with van der Waals surface area (Å²) in [6.45, 7) is 4.50. The third kappa shape index (κ3) is 2.22. The van der Waals surface area contributed by atoms with E-state index in [4.69, 9.17) is 0 Å². The molecule has 2 aromatic rings. The van der Waals surface area contributed by atoms with Gasteiger partial charge in [-0.1, -0.05) is 60.7 Å². The smallest absolute Gasteiger partial charge is 0.0622 e. The summed E-state index contributed by atoms with van der Waals surface area (Å²) in [5.74, 6) is 0. The van der Waals surface area contributed by atoms with Crippen molar-refractivity contribution in [3.05, 3.63) is 82.9 Å². The Bertz CT molecular complexity index is 589. The van der Waals surface area contributed by atoms with Crippen molar-refractivity contribution in [2.24, 2.45) is 0 Å². The van der Waals surface area contributed by atoms with Crippen LogP contribution in [0.3, 0.4) is 0 Å². The Morgan fingerprint density at radius 2 is 0.947 bits per heavy atom. The highest BCUT2D eigenvalue weighted by Gasteiger charge is 2.21. The molecule has 1 aliphatic heterocycles. The molecule has 0 N–H and O–H groups in total. The SMILES string of the molecule is CC1=C(c2ccccc2)[Si]C(c2ccccc2)=C1C. The molecule has 0 amide bonds. The first-order valence-electron chi connectivity index (χ1n) is 6.57. The van der Waals surface area contributed by atoms with Crippen LogP contribution in [0.15, 0.2) is 71.8 Å². The predicted octanol–water partition coefficient (Wildman–Crippen LogP) is 4.57. The van der Waals surface area contributed by atoms with E-state index < -0.39 is 0 Å². The molecule has 0 atom stereocenters. The van der Waals surface area contributed by atoms with E-state index in [0.717, 1.165) is 9.52 Å². The van der Waals surface area contributed by atoms with Crippen LogP contribution in [0.25, 0.3) is 10.4 Å². The molecule has 0 saturated heterocycles. The third-order valence-electron chi connectivity index (χ3n) is 3.69. The van der Waals surface area contributed by atoms with E-state index in [2.05, 4.69) is 74.5 Å². The molecule has 2 aromatic carbocycles. The van der Waals surface area contributed by atoms with E-state index in [1.165, 1.54) is 32.7 Å². The summed E-state index contributed by atoms with van der Waals surface area (Å²) in [4.78, 5) is 0. The van der Waals surface area contributed by atoms with Gasteiger partial charge in [-0.2, -0.15) is 0 Å². The summed E-state index contributed by atoms with van der Waals surface area (Å²) < 4.78 is 0. The van der Waals surface area contributed by atoms with E-state index in [9.17, 15) is 0 Å². The fourth-order valence-corrected chi connectivity index (χ4v) is 4.10. The van der Waals surface area contributed by atoms with Gasteiger partial charge in [0.1, 0.15) is 9.52 Å². The lowest BCUT2D eigenvalue weighted by atomic mass is 10.0. The molecule has 1 heterocycles. The van der Waals surface area contributed by atoms with Crippen LogP contribution in [0.1, 0.15) is 25.0 Å². The molecule has 0 saturated carbocycles. The normalized spacial score (nSPS) is 15.3. The van der Waals surface area contributed by atoms with Crippen LogP contribution in [0, 0.1) is 0 Å². The molecule has 0 nitrogen and oxygen atoms in total. The van der Waals surface area contributed by atoms with Crippen molar-refractivity contribution in [3.8, 4) is 0 Å². The van der Waals surface area contributed by atoms with Gasteiger partial charge in [0.05, 0.1) is 0 Å². The van der Waals surface area contributed by atoms with Crippen molar-refractivity contribution in [3.63, 3.8) is 0 Å². The van der Waals surface area contributed by atoms with Crippen LogP contribution in [0.2, 0.25) is 0 Å². The van der Waals surface area contributed by atoms with Gasteiger partial charge in [0.15, 0.2) is 0 Å². The summed E-state index contributed by atoms with van der Waals surface area (Å²) in [6.07, 6.45) is 0. The topological polar surface area (TPSA) is 0 Å². The van der Waals surface area contributed by atoms with Crippen molar-refractivity contribution in [2.75, 3.05) is 0 Å². The van der Waals surface area contributed by atoms with Crippen LogP contribution in [-0.2, 0) is 0 Å². The first-order chi connectivity index (χ1) is 9.27. The fourth-order valence-electron chi connectivity index (χ4n) is 2.47. The molecule has 1 aliphatic rings. The molecule has 0 spiro atoms. The summed E-state index contributed by atoms with van der Waals surface area (Å²) in [5, 5.41) is 2.99. The van der Waals surface area contributed by atoms with Gasteiger partial charge >= 0.3 is 0 Å². The lowest BCUT2D eigenvalue weighted by molar-refractivity contribution is 1.38. The average Bonchev–Trinajstić information content (AvgIpc) is 2.77. The quantitative estimate of drug-likeness (QED) is 0.694. The van der Waals surface area contributed by atoms with Crippen molar-refractivity contribution in [1.29, 1.82) is 0 Å². The molecule has 1 heteroatoms. The van der Waals surface area contributed by atoms with Crippen LogP contribution >= 0.6 is 0 Å². The summed E-state index contributed by atoms with van der Waals surface area (Å²) in [6, 6.07) is 21.5. The molecule has 0 fully saturated rings. The molecule has 2 radical (unpaired) electrons. The lowest BCUT2D eigenvalue weighted by Gasteiger charge is -2.05. The zero-order chi connectivity index (χ0) is 13.2. The Morgan fingerprint density at radius 1 is 0.579 bits per heavy atom. The minimum Gasteiger partial charge on any atom is -0.0622 e. The second kappa shape index (κ2) is 5.02. The molecular formula is C18H16Si. The predicted molar refractivity (Wildman–Crippen MR) is 83.8 cm³/mol. The molecule has 19 heavy (non-hydrogen) atoms. The summed E-state index contributed by atoms with van der Waals surface area (Å²) in [5.41, 5.74) is 5.62. The number of allylic oxidation sites excluding steroid dienone is 2. The highest BCUT2D eigenvalue weighted by atomic mass is 28.2. The van der Waals surface area contributed by atoms with E-state index >= 15 is 0 Å². The highest BCUT2D eigenvalue weighted by molar-refractivity contribution is 6.81. The lowest BCUT2D eigenvalue weighted by Crippen LogP contribution is -1.96. The maximum absolute atomic E-state index is 2.25. The average molecular weight is 260 g/mol. The van der Waals surface area contributed by atoms with Crippen molar-refractivity contribution < 1.29 is 0 Å². The van der Waals surface area contributed by atoms with Gasteiger partial charge in [0, 0.05) is 0 Å². The largest absolute Gasteiger partial charge is 0.123 e. The zero-order valence-corrected chi connectivity index (χ0v) is 12.3. The second-order valence-electron chi connectivity index (χ2n) is 4.86. The van der Waals surface area contributed by atoms with Crippen LogP contribution in [0.5, 0.6) is 0 Å². The number of hydrogen-bond acceptors (Lipinski definition) is 0. The second-order valence-corrected chi connectivity index (χ2v) is 6.11. The Morgan fingerprint density at radius 3 is 1.32 bits per heavy atom. The van der Waals surface area contributed by atoms with Gasteiger partial charge in [-0.3, -0.25) is 0 Å². The monoisotopic (exact) mass is 260 g/mol. The molecular weight excluding hydrogens is 244 g/mol. The van der Waals surface area contributed by atoms with Crippen molar-refractivity contribution >= 4 is 19.9 Å². The van der Waals surface area contributed by atoms with Crippen LogP contribution < -0.4 is 0 Å². The van der Waals surface area contributed by atoms with E-state index in [1.807, 2.05) is 0 Å². The Labute approximate surface area is 117 Å². The fraction of sp³-hybridized carbons (Fsp3) is 0.111. The molecule has 0 aromatic heterocycles. The van der Waals surface area contributed by atoms with Gasteiger partial charge < -0.3 is 0 Å².